The molecule has 0 unspecified atom stereocenters. The molecule has 0 aliphatic heterocycles. The van der Waals surface area contributed by atoms with Gasteiger partial charge in [-0.2, -0.15) is 0 Å². The Kier molecular flexibility index (Phi) is 4.34. The summed E-state index contributed by atoms with van der Waals surface area (Å²) in [6.45, 7) is 3.45. The van der Waals surface area contributed by atoms with Crippen LogP contribution in [-0.4, -0.2) is 21.5 Å². The molecule has 0 bridgehead atoms. The highest BCUT2D eigenvalue weighted by atomic mass is 32.2. The van der Waals surface area contributed by atoms with Gasteiger partial charge in [-0.15, -0.1) is 11.3 Å². The van der Waals surface area contributed by atoms with E-state index in [1.807, 2.05) is 0 Å². The summed E-state index contributed by atoms with van der Waals surface area (Å²) in [5.41, 5.74) is 1.59. The lowest BCUT2D eigenvalue weighted by atomic mass is 10.2. The third-order valence-electron chi connectivity index (χ3n) is 2.97. The van der Waals surface area contributed by atoms with Gasteiger partial charge in [0.2, 0.25) is 0 Å². The van der Waals surface area contributed by atoms with Crippen LogP contribution in [0, 0.1) is 13.8 Å². The first-order valence-corrected chi connectivity index (χ1v) is 8.48. The molecule has 0 aliphatic rings. The van der Waals surface area contributed by atoms with Crippen LogP contribution in [-0.2, 0) is 14.8 Å². The van der Waals surface area contributed by atoms with Crippen molar-refractivity contribution in [1.29, 1.82) is 0 Å². The molecule has 0 atom stereocenters. The SMILES string of the molecule is COC(=O)c1scc(C)c1NS(=O)(=O)c1ccccc1C. The van der Waals surface area contributed by atoms with Gasteiger partial charge in [0.1, 0.15) is 4.88 Å². The average Bonchev–Trinajstić information content (AvgIpc) is 2.79. The highest BCUT2D eigenvalue weighted by Crippen LogP contribution is 2.30. The Morgan fingerprint density at radius 3 is 2.48 bits per heavy atom. The second-order valence-electron chi connectivity index (χ2n) is 4.49. The summed E-state index contributed by atoms with van der Waals surface area (Å²) >= 11 is 1.15. The predicted octanol–water partition coefficient (Wildman–Crippen LogP) is 2.95. The molecule has 1 aromatic heterocycles. The lowest BCUT2D eigenvalue weighted by Crippen LogP contribution is -2.16. The van der Waals surface area contributed by atoms with Crippen molar-refractivity contribution in [2.24, 2.45) is 0 Å². The standard InChI is InChI=1S/C14H15NO4S2/c1-9-6-4-5-7-11(9)21(17,18)15-12-10(2)8-20-13(12)14(16)19-3/h4-8,15H,1-3H3. The number of anilines is 1. The molecular weight excluding hydrogens is 310 g/mol. The molecule has 0 amide bonds. The number of nitrogens with one attached hydrogen (secondary N) is 1. The molecule has 0 aliphatic carbocycles. The lowest BCUT2D eigenvalue weighted by Gasteiger charge is -2.11. The predicted molar refractivity (Wildman–Crippen MR) is 82.4 cm³/mol. The van der Waals surface area contributed by atoms with Crippen molar-refractivity contribution < 1.29 is 17.9 Å². The van der Waals surface area contributed by atoms with Gasteiger partial charge in [-0.25, -0.2) is 13.2 Å². The Morgan fingerprint density at radius 1 is 1.19 bits per heavy atom. The number of carbonyl (C=O) groups is 1. The molecule has 112 valence electrons. The Bertz CT molecular complexity index is 778. The van der Waals surface area contributed by atoms with Crippen LogP contribution >= 0.6 is 11.3 Å². The van der Waals surface area contributed by atoms with Gasteiger partial charge in [-0.3, -0.25) is 4.72 Å². The molecule has 7 heteroatoms. The van der Waals surface area contributed by atoms with E-state index in [4.69, 9.17) is 0 Å². The summed E-state index contributed by atoms with van der Waals surface area (Å²) in [5, 5.41) is 1.71. The molecule has 0 spiro atoms. The van der Waals surface area contributed by atoms with Gasteiger partial charge < -0.3 is 4.74 Å². The van der Waals surface area contributed by atoms with E-state index in [0.717, 1.165) is 11.3 Å². The number of aryl methyl sites for hydroxylation is 2. The lowest BCUT2D eigenvalue weighted by molar-refractivity contribution is 0.0607. The van der Waals surface area contributed by atoms with Gasteiger partial charge in [0.05, 0.1) is 17.7 Å². The number of esters is 1. The van der Waals surface area contributed by atoms with Crippen molar-refractivity contribution in [3.63, 3.8) is 0 Å². The number of sulfonamides is 1. The van der Waals surface area contributed by atoms with Gasteiger partial charge in [-0.1, -0.05) is 18.2 Å². The quantitative estimate of drug-likeness (QED) is 0.877. The molecule has 0 radical (unpaired) electrons. The van der Waals surface area contributed by atoms with Crippen molar-refractivity contribution in [1.82, 2.24) is 0 Å². The first kappa shape index (κ1) is 15.5. The smallest absolute Gasteiger partial charge is 0.350 e. The summed E-state index contributed by atoms with van der Waals surface area (Å²) in [4.78, 5) is 12.1. The van der Waals surface area contributed by atoms with Gasteiger partial charge in [0.15, 0.2) is 0 Å². The molecule has 0 saturated carbocycles. The maximum Gasteiger partial charge on any atom is 0.350 e. The van der Waals surface area contributed by atoms with Crippen molar-refractivity contribution >= 4 is 33.0 Å². The van der Waals surface area contributed by atoms with Crippen LogP contribution in [0.5, 0.6) is 0 Å². The molecule has 1 heterocycles. The van der Waals surface area contributed by atoms with Crippen LogP contribution < -0.4 is 4.72 Å². The average molecular weight is 325 g/mol. The molecule has 2 aromatic rings. The molecule has 2 rings (SSSR count). The number of carbonyl (C=O) groups excluding carboxylic acids is 1. The Hall–Kier alpha value is -1.86. The fourth-order valence-electron chi connectivity index (χ4n) is 1.86. The van der Waals surface area contributed by atoms with Crippen molar-refractivity contribution in [3.05, 3.63) is 45.6 Å². The monoisotopic (exact) mass is 325 g/mol. The zero-order valence-corrected chi connectivity index (χ0v) is 13.5. The van der Waals surface area contributed by atoms with E-state index in [0.29, 0.717) is 11.1 Å². The fraction of sp³-hybridized carbons (Fsp3) is 0.214. The Balaban J connectivity index is 2.45. The zero-order chi connectivity index (χ0) is 15.6. The summed E-state index contributed by atoms with van der Waals surface area (Å²) < 4.78 is 32.1. The minimum atomic E-state index is -3.75. The molecular formula is C14H15NO4S2. The second kappa shape index (κ2) is 5.87. The van der Waals surface area contributed by atoms with Crippen LogP contribution in [0.2, 0.25) is 0 Å². The highest BCUT2D eigenvalue weighted by Gasteiger charge is 2.23. The number of methoxy groups -OCH3 is 1. The third kappa shape index (κ3) is 3.08. The number of ether oxygens (including phenoxy) is 1. The zero-order valence-electron chi connectivity index (χ0n) is 11.8. The maximum absolute atomic E-state index is 12.5. The van der Waals surface area contributed by atoms with E-state index in [9.17, 15) is 13.2 Å². The van der Waals surface area contributed by atoms with E-state index < -0.39 is 16.0 Å². The number of hydrogen-bond acceptors (Lipinski definition) is 5. The molecule has 0 fully saturated rings. The number of rotatable bonds is 4. The first-order valence-electron chi connectivity index (χ1n) is 6.11. The summed E-state index contributed by atoms with van der Waals surface area (Å²) in [7, 11) is -2.49. The molecule has 21 heavy (non-hydrogen) atoms. The molecule has 1 N–H and O–H groups in total. The van der Waals surface area contributed by atoms with E-state index >= 15 is 0 Å². The van der Waals surface area contributed by atoms with Crippen LogP contribution in [0.15, 0.2) is 34.5 Å². The molecule has 1 aromatic carbocycles. The van der Waals surface area contributed by atoms with Gasteiger partial charge in [0.25, 0.3) is 10.0 Å². The van der Waals surface area contributed by atoms with Crippen LogP contribution in [0.1, 0.15) is 20.8 Å². The fourth-order valence-corrected chi connectivity index (χ4v) is 4.24. The maximum atomic E-state index is 12.5. The largest absolute Gasteiger partial charge is 0.465 e. The summed E-state index contributed by atoms with van der Waals surface area (Å²) in [6, 6.07) is 6.67. The molecule has 0 saturated heterocycles. The Morgan fingerprint density at radius 2 is 1.86 bits per heavy atom. The third-order valence-corrected chi connectivity index (χ3v) is 5.55. The summed E-state index contributed by atoms with van der Waals surface area (Å²) in [6.07, 6.45) is 0. The normalized spacial score (nSPS) is 11.2. The highest BCUT2D eigenvalue weighted by molar-refractivity contribution is 7.92. The van der Waals surface area contributed by atoms with E-state index in [-0.39, 0.29) is 15.5 Å². The number of benzene rings is 1. The summed E-state index contributed by atoms with van der Waals surface area (Å²) in [5.74, 6) is -0.560. The first-order chi connectivity index (χ1) is 9.86. The van der Waals surface area contributed by atoms with E-state index in [2.05, 4.69) is 9.46 Å². The van der Waals surface area contributed by atoms with Crippen molar-refractivity contribution in [3.8, 4) is 0 Å². The number of thiophene rings is 1. The van der Waals surface area contributed by atoms with Gasteiger partial charge in [-0.05, 0) is 36.4 Å². The van der Waals surface area contributed by atoms with Crippen molar-refractivity contribution in [2.45, 2.75) is 18.7 Å². The Labute approximate surface area is 127 Å². The second-order valence-corrected chi connectivity index (χ2v) is 7.02. The van der Waals surface area contributed by atoms with E-state index in [1.165, 1.54) is 13.2 Å². The van der Waals surface area contributed by atoms with Crippen LogP contribution in [0.4, 0.5) is 5.69 Å². The van der Waals surface area contributed by atoms with Gasteiger partial charge in [0, 0.05) is 0 Å². The van der Waals surface area contributed by atoms with E-state index in [1.54, 1.807) is 37.4 Å². The van der Waals surface area contributed by atoms with Crippen LogP contribution in [0.3, 0.4) is 0 Å². The number of hydrogen-bond donors (Lipinski definition) is 1. The van der Waals surface area contributed by atoms with Crippen molar-refractivity contribution in [2.75, 3.05) is 11.8 Å². The molecule has 5 nitrogen and oxygen atoms in total. The van der Waals surface area contributed by atoms with Gasteiger partial charge >= 0.3 is 5.97 Å². The van der Waals surface area contributed by atoms with Crippen LogP contribution in [0.25, 0.3) is 0 Å². The topological polar surface area (TPSA) is 72.5 Å². The minimum Gasteiger partial charge on any atom is -0.465 e. The minimum absolute atomic E-state index is 0.186.